The highest BCUT2D eigenvalue weighted by Gasteiger charge is 2.22. The monoisotopic (exact) mass is 277 g/mol. The van der Waals surface area contributed by atoms with Crippen LogP contribution in [0.4, 0.5) is 0 Å². The van der Waals surface area contributed by atoms with Crippen LogP contribution >= 0.6 is 0 Å². The quantitative estimate of drug-likeness (QED) is 0.856. The first-order valence-corrected chi connectivity index (χ1v) is 6.59. The molecule has 0 bridgehead atoms. The molecule has 1 aliphatic heterocycles. The zero-order valence-corrected chi connectivity index (χ0v) is 12.0. The highest BCUT2D eigenvalue weighted by atomic mass is 16.6. The Labute approximate surface area is 118 Å². The van der Waals surface area contributed by atoms with Gasteiger partial charge in [-0.2, -0.15) is 0 Å². The van der Waals surface area contributed by atoms with E-state index in [1.54, 1.807) is 39.0 Å². The van der Waals surface area contributed by atoms with Crippen molar-refractivity contribution in [2.75, 3.05) is 19.8 Å². The van der Waals surface area contributed by atoms with Gasteiger partial charge in [0.05, 0.1) is 6.54 Å². The Morgan fingerprint density at radius 3 is 2.45 bits per heavy atom. The number of carbonyl (C=O) groups is 2. The van der Waals surface area contributed by atoms with Gasteiger partial charge in [-0.3, -0.25) is 9.59 Å². The molecule has 108 valence electrons. The molecule has 0 spiro atoms. The molecule has 0 unspecified atom stereocenters. The van der Waals surface area contributed by atoms with Crippen molar-refractivity contribution in [1.29, 1.82) is 0 Å². The number of carbonyl (C=O) groups excluding carboxylic acids is 2. The molecule has 20 heavy (non-hydrogen) atoms. The number of rotatable bonds is 3. The normalized spacial score (nSPS) is 13.8. The van der Waals surface area contributed by atoms with Crippen molar-refractivity contribution in [1.82, 2.24) is 5.32 Å². The van der Waals surface area contributed by atoms with E-state index >= 15 is 0 Å². The van der Waals surface area contributed by atoms with E-state index in [0.29, 0.717) is 30.3 Å². The molecule has 0 radical (unpaired) electrons. The van der Waals surface area contributed by atoms with Gasteiger partial charge in [0, 0.05) is 11.0 Å². The summed E-state index contributed by atoms with van der Waals surface area (Å²) in [6.07, 6.45) is 0. The molecule has 5 heteroatoms. The van der Waals surface area contributed by atoms with Gasteiger partial charge in [-0.1, -0.05) is 20.8 Å². The standard InChI is InChI=1S/C15H19NO4/c1-15(2,3)14(18)16-9-11(17)10-4-5-12-13(8-10)20-7-6-19-12/h4-5,8H,6-7,9H2,1-3H3,(H,16,18). The smallest absolute Gasteiger partial charge is 0.225 e. The minimum atomic E-state index is -0.507. The van der Waals surface area contributed by atoms with E-state index in [0.717, 1.165) is 0 Å². The molecule has 1 aromatic rings. The maximum Gasteiger partial charge on any atom is 0.225 e. The summed E-state index contributed by atoms with van der Waals surface area (Å²) in [7, 11) is 0. The van der Waals surface area contributed by atoms with Gasteiger partial charge in [-0.05, 0) is 18.2 Å². The van der Waals surface area contributed by atoms with Crippen molar-refractivity contribution in [3.63, 3.8) is 0 Å². The zero-order chi connectivity index (χ0) is 14.8. The van der Waals surface area contributed by atoms with E-state index in [-0.39, 0.29) is 18.2 Å². The second kappa shape index (κ2) is 5.53. The number of hydrogen-bond acceptors (Lipinski definition) is 4. The van der Waals surface area contributed by atoms with Crippen LogP contribution in [-0.2, 0) is 4.79 Å². The molecular formula is C15H19NO4. The highest BCUT2D eigenvalue weighted by Crippen LogP contribution is 2.30. The molecule has 1 N–H and O–H groups in total. The van der Waals surface area contributed by atoms with Gasteiger partial charge in [0.2, 0.25) is 5.91 Å². The minimum absolute atomic E-state index is 0.0181. The van der Waals surface area contributed by atoms with E-state index in [4.69, 9.17) is 9.47 Å². The van der Waals surface area contributed by atoms with Gasteiger partial charge >= 0.3 is 0 Å². The van der Waals surface area contributed by atoms with E-state index in [2.05, 4.69) is 5.32 Å². The maximum absolute atomic E-state index is 12.1. The lowest BCUT2D eigenvalue weighted by molar-refractivity contribution is -0.128. The molecule has 1 aliphatic rings. The van der Waals surface area contributed by atoms with Crippen LogP contribution in [0.3, 0.4) is 0 Å². The Bertz CT molecular complexity index is 531. The first-order chi connectivity index (χ1) is 9.38. The Balaban J connectivity index is 2.01. The largest absolute Gasteiger partial charge is 0.486 e. The zero-order valence-electron chi connectivity index (χ0n) is 12.0. The molecule has 2 rings (SSSR count). The fourth-order valence-corrected chi connectivity index (χ4v) is 1.74. The van der Waals surface area contributed by atoms with Crippen molar-refractivity contribution in [3.8, 4) is 11.5 Å². The van der Waals surface area contributed by atoms with Gasteiger partial charge < -0.3 is 14.8 Å². The van der Waals surface area contributed by atoms with Crippen molar-refractivity contribution in [3.05, 3.63) is 23.8 Å². The average Bonchev–Trinajstić information content (AvgIpc) is 2.42. The predicted molar refractivity (Wildman–Crippen MR) is 74.2 cm³/mol. The summed E-state index contributed by atoms with van der Waals surface area (Å²) in [6, 6.07) is 5.05. The number of hydrogen-bond donors (Lipinski definition) is 1. The third kappa shape index (κ3) is 3.29. The Morgan fingerprint density at radius 1 is 1.15 bits per heavy atom. The second-order valence-corrected chi connectivity index (χ2v) is 5.71. The van der Waals surface area contributed by atoms with Gasteiger partial charge in [-0.25, -0.2) is 0 Å². The SMILES string of the molecule is CC(C)(C)C(=O)NCC(=O)c1ccc2c(c1)OCCO2. The lowest BCUT2D eigenvalue weighted by Crippen LogP contribution is -2.37. The Hall–Kier alpha value is -2.04. The molecule has 1 amide bonds. The summed E-state index contributed by atoms with van der Waals surface area (Å²) in [5.74, 6) is 0.916. The summed E-state index contributed by atoms with van der Waals surface area (Å²) in [4.78, 5) is 23.8. The third-order valence-electron chi connectivity index (χ3n) is 2.95. The van der Waals surface area contributed by atoms with Crippen molar-refractivity contribution >= 4 is 11.7 Å². The maximum atomic E-state index is 12.1. The summed E-state index contributed by atoms with van der Waals surface area (Å²) in [6.45, 7) is 6.38. The van der Waals surface area contributed by atoms with Crippen LogP contribution in [0, 0.1) is 5.41 Å². The van der Waals surface area contributed by atoms with Crippen LogP contribution in [0.25, 0.3) is 0 Å². The van der Waals surface area contributed by atoms with E-state index < -0.39 is 5.41 Å². The van der Waals surface area contributed by atoms with Crippen molar-refractivity contribution < 1.29 is 19.1 Å². The fourth-order valence-electron chi connectivity index (χ4n) is 1.74. The molecule has 1 heterocycles. The van der Waals surface area contributed by atoms with Gasteiger partial charge in [0.1, 0.15) is 13.2 Å². The molecule has 0 fully saturated rings. The molecule has 1 aromatic carbocycles. The summed E-state index contributed by atoms with van der Waals surface area (Å²) in [5, 5.41) is 2.64. The minimum Gasteiger partial charge on any atom is -0.486 e. The van der Waals surface area contributed by atoms with E-state index in [9.17, 15) is 9.59 Å². The molecule has 0 atom stereocenters. The summed E-state index contributed by atoms with van der Waals surface area (Å²) < 4.78 is 10.8. The van der Waals surface area contributed by atoms with E-state index in [1.807, 2.05) is 0 Å². The van der Waals surface area contributed by atoms with Gasteiger partial charge in [-0.15, -0.1) is 0 Å². The summed E-state index contributed by atoms with van der Waals surface area (Å²) in [5.41, 5.74) is -0.00366. The van der Waals surface area contributed by atoms with Gasteiger partial charge in [0.15, 0.2) is 17.3 Å². The molecule has 0 aromatic heterocycles. The van der Waals surface area contributed by atoms with Crippen molar-refractivity contribution in [2.24, 2.45) is 5.41 Å². The molecule has 0 saturated carbocycles. The van der Waals surface area contributed by atoms with Crippen molar-refractivity contribution in [2.45, 2.75) is 20.8 Å². The van der Waals surface area contributed by atoms with Gasteiger partial charge in [0.25, 0.3) is 0 Å². The molecule has 5 nitrogen and oxygen atoms in total. The molecular weight excluding hydrogens is 258 g/mol. The van der Waals surface area contributed by atoms with E-state index in [1.165, 1.54) is 0 Å². The van der Waals surface area contributed by atoms with Crippen LogP contribution in [0.2, 0.25) is 0 Å². The topological polar surface area (TPSA) is 64.6 Å². The predicted octanol–water partition coefficient (Wildman–Crippen LogP) is 1.80. The number of amides is 1. The Morgan fingerprint density at radius 2 is 1.80 bits per heavy atom. The van der Waals surface area contributed by atoms with Crippen LogP contribution in [0.5, 0.6) is 11.5 Å². The molecule has 0 aliphatic carbocycles. The number of ketones is 1. The van der Waals surface area contributed by atoms with Crippen LogP contribution in [0.1, 0.15) is 31.1 Å². The number of nitrogens with one attached hydrogen (secondary N) is 1. The lowest BCUT2D eigenvalue weighted by Gasteiger charge is -2.19. The number of Topliss-reactive ketones (excluding diaryl/α,β-unsaturated/α-hetero) is 1. The first-order valence-electron chi connectivity index (χ1n) is 6.59. The first kappa shape index (κ1) is 14.4. The Kier molecular flexibility index (Phi) is 3.97. The number of benzene rings is 1. The van der Waals surface area contributed by atoms with Crippen LogP contribution in [-0.4, -0.2) is 31.4 Å². The average molecular weight is 277 g/mol. The summed E-state index contributed by atoms with van der Waals surface area (Å²) >= 11 is 0. The number of fused-ring (bicyclic) bond motifs is 1. The molecule has 0 saturated heterocycles. The second-order valence-electron chi connectivity index (χ2n) is 5.71. The number of ether oxygens (including phenoxy) is 2. The van der Waals surface area contributed by atoms with Crippen LogP contribution < -0.4 is 14.8 Å². The third-order valence-corrected chi connectivity index (χ3v) is 2.95. The lowest BCUT2D eigenvalue weighted by atomic mass is 9.95. The van der Waals surface area contributed by atoms with Crippen LogP contribution in [0.15, 0.2) is 18.2 Å². The fraction of sp³-hybridized carbons (Fsp3) is 0.467. The highest BCUT2D eigenvalue weighted by molar-refractivity contribution is 6.00.